The van der Waals surface area contributed by atoms with Gasteiger partial charge in [-0.1, -0.05) is 31.2 Å². The minimum Gasteiger partial charge on any atom is -0.451 e. The predicted molar refractivity (Wildman–Crippen MR) is 99.0 cm³/mol. The molecule has 0 unspecified atom stereocenters. The first kappa shape index (κ1) is 17.7. The van der Waals surface area contributed by atoms with Crippen molar-refractivity contribution in [1.29, 1.82) is 0 Å². The monoisotopic (exact) mass is 357 g/mol. The molecule has 1 heterocycles. The minimum atomic E-state index is -0.408. The van der Waals surface area contributed by atoms with Crippen LogP contribution in [0.4, 0.5) is 0 Å². The molecule has 5 heteroatoms. The number of amides is 1. The number of hydrogen-bond donors (Lipinski definition) is 1. The standard InChI is InChI=1S/C20H23NO3S/c1-3-14-7-9-15(10-8-14)13(2)21-19(22)12-24-20(23)18-11-16-5-4-6-17(16)25-18/h7-11,13H,3-6,12H2,1-2H3,(H,21,22)/t13-/m0/s1. The molecule has 1 aromatic heterocycles. The third kappa shape index (κ3) is 4.28. The average Bonchev–Trinajstić information content (AvgIpc) is 3.21. The molecule has 0 saturated heterocycles. The second kappa shape index (κ2) is 7.83. The van der Waals surface area contributed by atoms with Gasteiger partial charge >= 0.3 is 5.97 Å². The van der Waals surface area contributed by atoms with Gasteiger partial charge in [0.2, 0.25) is 0 Å². The van der Waals surface area contributed by atoms with Crippen LogP contribution in [0.2, 0.25) is 0 Å². The van der Waals surface area contributed by atoms with Crippen molar-refractivity contribution in [3.8, 4) is 0 Å². The van der Waals surface area contributed by atoms with Gasteiger partial charge in [0, 0.05) is 4.88 Å². The maximum absolute atomic E-state index is 12.1. The summed E-state index contributed by atoms with van der Waals surface area (Å²) in [5.41, 5.74) is 3.55. The fourth-order valence-electron chi connectivity index (χ4n) is 3.04. The first-order chi connectivity index (χ1) is 12.1. The van der Waals surface area contributed by atoms with Crippen molar-refractivity contribution >= 4 is 23.2 Å². The molecule has 0 aliphatic heterocycles. The molecular formula is C20H23NO3S. The van der Waals surface area contributed by atoms with Gasteiger partial charge in [0.1, 0.15) is 4.88 Å². The van der Waals surface area contributed by atoms with E-state index in [0.29, 0.717) is 4.88 Å². The Balaban J connectivity index is 1.48. The van der Waals surface area contributed by atoms with Gasteiger partial charge in [0.25, 0.3) is 5.91 Å². The highest BCUT2D eigenvalue weighted by atomic mass is 32.1. The van der Waals surface area contributed by atoms with Crippen LogP contribution < -0.4 is 5.32 Å². The lowest BCUT2D eigenvalue weighted by molar-refractivity contribution is -0.124. The van der Waals surface area contributed by atoms with Crippen LogP contribution in [0.25, 0.3) is 0 Å². The lowest BCUT2D eigenvalue weighted by Crippen LogP contribution is -2.31. The van der Waals surface area contributed by atoms with Gasteiger partial charge in [-0.15, -0.1) is 11.3 Å². The highest BCUT2D eigenvalue weighted by Crippen LogP contribution is 2.30. The summed E-state index contributed by atoms with van der Waals surface area (Å²) in [6.45, 7) is 3.78. The topological polar surface area (TPSA) is 55.4 Å². The third-order valence-electron chi connectivity index (χ3n) is 4.55. The predicted octanol–water partition coefficient (Wildman–Crippen LogP) is 3.83. The summed E-state index contributed by atoms with van der Waals surface area (Å²) in [5.74, 6) is -0.695. The van der Waals surface area contributed by atoms with Gasteiger partial charge in [0.05, 0.1) is 6.04 Å². The van der Waals surface area contributed by atoms with E-state index in [4.69, 9.17) is 4.74 Å². The molecule has 1 aliphatic rings. The molecule has 0 spiro atoms. The third-order valence-corrected chi connectivity index (χ3v) is 5.76. The summed E-state index contributed by atoms with van der Waals surface area (Å²) in [4.78, 5) is 26.0. The van der Waals surface area contributed by atoms with E-state index in [1.165, 1.54) is 27.3 Å². The SMILES string of the molecule is CCc1ccc([C@H](C)NC(=O)COC(=O)c2cc3c(s2)CCC3)cc1. The van der Waals surface area contributed by atoms with Crippen LogP contribution in [-0.2, 0) is 28.8 Å². The van der Waals surface area contributed by atoms with E-state index in [1.807, 2.05) is 25.1 Å². The van der Waals surface area contributed by atoms with Crippen molar-refractivity contribution in [2.24, 2.45) is 0 Å². The zero-order chi connectivity index (χ0) is 17.8. The quantitative estimate of drug-likeness (QED) is 0.799. The molecule has 0 fully saturated rings. The van der Waals surface area contributed by atoms with E-state index < -0.39 is 5.97 Å². The summed E-state index contributed by atoms with van der Waals surface area (Å²) in [5, 5.41) is 2.87. The van der Waals surface area contributed by atoms with Gasteiger partial charge in [-0.3, -0.25) is 4.79 Å². The largest absolute Gasteiger partial charge is 0.451 e. The number of esters is 1. The molecule has 0 radical (unpaired) electrons. The Labute approximate surface area is 152 Å². The number of nitrogens with one attached hydrogen (secondary N) is 1. The lowest BCUT2D eigenvalue weighted by atomic mass is 10.1. The number of ether oxygens (including phenoxy) is 1. The first-order valence-electron chi connectivity index (χ1n) is 8.73. The van der Waals surface area contributed by atoms with Crippen molar-refractivity contribution in [1.82, 2.24) is 5.32 Å². The number of hydrogen-bond acceptors (Lipinski definition) is 4. The average molecular weight is 357 g/mol. The molecule has 4 nitrogen and oxygen atoms in total. The Morgan fingerprint density at radius 1 is 1.24 bits per heavy atom. The van der Waals surface area contributed by atoms with Crippen molar-refractivity contribution in [3.05, 3.63) is 56.8 Å². The molecule has 25 heavy (non-hydrogen) atoms. The lowest BCUT2D eigenvalue weighted by Gasteiger charge is -2.14. The van der Waals surface area contributed by atoms with Crippen molar-refractivity contribution in [3.63, 3.8) is 0 Å². The van der Waals surface area contributed by atoms with Crippen molar-refractivity contribution in [2.75, 3.05) is 6.61 Å². The maximum atomic E-state index is 12.1. The summed E-state index contributed by atoms with van der Waals surface area (Å²) in [6.07, 6.45) is 4.23. The van der Waals surface area contributed by atoms with E-state index in [9.17, 15) is 9.59 Å². The van der Waals surface area contributed by atoms with Crippen LogP contribution >= 0.6 is 11.3 Å². The number of carbonyl (C=O) groups excluding carboxylic acids is 2. The van der Waals surface area contributed by atoms with Gasteiger partial charge in [0.15, 0.2) is 6.61 Å². The fourth-order valence-corrected chi connectivity index (χ4v) is 4.19. The smallest absolute Gasteiger partial charge is 0.348 e. The second-order valence-corrected chi connectivity index (χ2v) is 7.51. The van der Waals surface area contributed by atoms with Crippen LogP contribution in [0.3, 0.4) is 0 Å². The molecule has 1 aromatic carbocycles. The molecule has 132 valence electrons. The normalized spacial score (nSPS) is 14.0. The molecule has 0 saturated carbocycles. The van der Waals surface area contributed by atoms with Crippen LogP contribution in [0.1, 0.15) is 57.5 Å². The Morgan fingerprint density at radius 2 is 2.00 bits per heavy atom. The number of thiophene rings is 1. The molecule has 1 N–H and O–H groups in total. The highest BCUT2D eigenvalue weighted by molar-refractivity contribution is 7.14. The molecule has 0 bridgehead atoms. The number of carbonyl (C=O) groups is 2. The van der Waals surface area contributed by atoms with Crippen molar-refractivity contribution < 1.29 is 14.3 Å². The van der Waals surface area contributed by atoms with Crippen LogP contribution in [0.5, 0.6) is 0 Å². The number of fused-ring (bicyclic) bond motifs is 1. The Bertz CT molecular complexity index is 742. The minimum absolute atomic E-state index is 0.123. The van der Waals surface area contributed by atoms with Gasteiger partial charge in [-0.05, 0) is 55.4 Å². The van der Waals surface area contributed by atoms with Gasteiger partial charge in [-0.25, -0.2) is 4.79 Å². The molecule has 3 rings (SSSR count). The molecule has 1 aliphatic carbocycles. The van der Waals surface area contributed by atoms with Crippen molar-refractivity contribution in [2.45, 2.75) is 45.6 Å². The zero-order valence-electron chi connectivity index (χ0n) is 14.6. The van der Waals surface area contributed by atoms with E-state index >= 15 is 0 Å². The van der Waals surface area contributed by atoms with Crippen LogP contribution in [0, 0.1) is 0 Å². The first-order valence-corrected chi connectivity index (χ1v) is 9.55. The summed E-state index contributed by atoms with van der Waals surface area (Å²) in [6, 6.07) is 9.95. The van der Waals surface area contributed by atoms with E-state index in [-0.39, 0.29) is 18.6 Å². The van der Waals surface area contributed by atoms with Crippen LogP contribution in [0.15, 0.2) is 30.3 Å². The Kier molecular flexibility index (Phi) is 5.53. The summed E-state index contributed by atoms with van der Waals surface area (Å²) >= 11 is 1.49. The number of rotatable bonds is 6. The summed E-state index contributed by atoms with van der Waals surface area (Å²) < 4.78 is 5.16. The Morgan fingerprint density at radius 3 is 2.68 bits per heavy atom. The highest BCUT2D eigenvalue weighted by Gasteiger charge is 2.20. The molecule has 2 aromatic rings. The molecule has 1 amide bonds. The van der Waals surface area contributed by atoms with Gasteiger partial charge in [-0.2, -0.15) is 0 Å². The van der Waals surface area contributed by atoms with Crippen LogP contribution in [-0.4, -0.2) is 18.5 Å². The molecular weight excluding hydrogens is 334 g/mol. The van der Waals surface area contributed by atoms with E-state index in [2.05, 4.69) is 24.4 Å². The number of aryl methyl sites for hydroxylation is 3. The Hall–Kier alpha value is -2.14. The maximum Gasteiger partial charge on any atom is 0.348 e. The number of benzene rings is 1. The summed E-state index contributed by atoms with van der Waals surface area (Å²) in [7, 11) is 0. The van der Waals surface area contributed by atoms with Gasteiger partial charge < -0.3 is 10.1 Å². The second-order valence-electron chi connectivity index (χ2n) is 6.37. The fraction of sp³-hybridized carbons (Fsp3) is 0.400. The zero-order valence-corrected chi connectivity index (χ0v) is 15.4. The molecule has 1 atom stereocenters. The van der Waals surface area contributed by atoms with E-state index in [0.717, 1.165) is 31.2 Å². The van der Waals surface area contributed by atoms with E-state index in [1.54, 1.807) is 0 Å².